The average molecular weight is 548 g/mol. The van der Waals surface area contributed by atoms with Crippen molar-refractivity contribution in [3.63, 3.8) is 0 Å². The van der Waals surface area contributed by atoms with Crippen molar-refractivity contribution < 1.29 is 14.3 Å². The predicted molar refractivity (Wildman–Crippen MR) is 155 cm³/mol. The van der Waals surface area contributed by atoms with Gasteiger partial charge in [0.15, 0.2) is 0 Å². The van der Waals surface area contributed by atoms with E-state index in [1.807, 2.05) is 24.3 Å². The van der Waals surface area contributed by atoms with Crippen LogP contribution in [0, 0.1) is 0 Å². The second kappa shape index (κ2) is 12.0. The van der Waals surface area contributed by atoms with Gasteiger partial charge in [0.1, 0.15) is 18.2 Å². The van der Waals surface area contributed by atoms with Crippen molar-refractivity contribution >= 4 is 23.2 Å². The molecule has 0 atom stereocenters. The van der Waals surface area contributed by atoms with E-state index in [1.54, 1.807) is 30.7 Å². The fourth-order valence-corrected chi connectivity index (χ4v) is 5.51. The van der Waals surface area contributed by atoms with Gasteiger partial charge in [-0.2, -0.15) is 0 Å². The SMILES string of the molecule is CCOC(=O)c1ccc2c(c1)N(CCCN1CCCN(c3cc(=O)n(C)c(=O)n3C)CC1)c1ccccc1CO2. The molecular formula is C30H37N5O5. The molecule has 40 heavy (non-hydrogen) atoms. The van der Waals surface area contributed by atoms with Gasteiger partial charge in [-0.3, -0.25) is 13.9 Å². The summed E-state index contributed by atoms with van der Waals surface area (Å²) < 4.78 is 14.1. The first-order valence-corrected chi connectivity index (χ1v) is 13.9. The number of aromatic nitrogens is 2. The van der Waals surface area contributed by atoms with Gasteiger partial charge in [0.25, 0.3) is 5.56 Å². The number of esters is 1. The molecule has 1 saturated heterocycles. The topological polar surface area (TPSA) is 89.3 Å². The van der Waals surface area contributed by atoms with Crippen molar-refractivity contribution in [1.29, 1.82) is 0 Å². The van der Waals surface area contributed by atoms with Gasteiger partial charge in [0, 0.05) is 57.6 Å². The van der Waals surface area contributed by atoms with Gasteiger partial charge in [-0.15, -0.1) is 0 Å². The lowest BCUT2D eigenvalue weighted by molar-refractivity contribution is 0.0526. The molecule has 0 unspecified atom stereocenters. The van der Waals surface area contributed by atoms with E-state index < -0.39 is 0 Å². The van der Waals surface area contributed by atoms with Gasteiger partial charge >= 0.3 is 11.7 Å². The van der Waals surface area contributed by atoms with Crippen LogP contribution in [0.4, 0.5) is 17.2 Å². The number of rotatable bonds is 7. The van der Waals surface area contributed by atoms with Crippen LogP contribution in [0.3, 0.4) is 0 Å². The Kier molecular flexibility index (Phi) is 8.25. The number of benzene rings is 2. The minimum atomic E-state index is -0.342. The highest BCUT2D eigenvalue weighted by Gasteiger charge is 2.24. The standard InChI is InChI=1S/C30H37N5O5/c1-4-39-29(37)22-11-12-26-25(19-22)35(24-10-6-5-9-23(24)21-40-26)16-8-14-33-13-7-15-34(18-17-33)27-20-28(36)32(3)30(38)31(27)2/h5-6,9-12,19-20H,4,7-8,13-18,21H2,1-3H3. The molecule has 10 heteroatoms. The molecule has 3 heterocycles. The average Bonchev–Trinajstić information content (AvgIpc) is 3.29. The van der Waals surface area contributed by atoms with Crippen molar-refractivity contribution in [2.75, 3.05) is 55.7 Å². The number of ether oxygens (including phenoxy) is 2. The third kappa shape index (κ3) is 5.62. The number of hydrogen-bond donors (Lipinski definition) is 0. The normalized spacial score (nSPS) is 15.5. The molecule has 1 aromatic heterocycles. The second-order valence-electron chi connectivity index (χ2n) is 10.2. The van der Waals surface area contributed by atoms with Crippen LogP contribution in [0.2, 0.25) is 0 Å². The molecule has 0 aliphatic carbocycles. The lowest BCUT2D eigenvalue weighted by atomic mass is 10.1. The van der Waals surface area contributed by atoms with Crippen LogP contribution >= 0.6 is 0 Å². The monoisotopic (exact) mass is 547 g/mol. The first-order chi connectivity index (χ1) is 19.4. The van der Waals surface area contributed by atoms with Crippen molar-refractivity contribution in [3.05, 3.63) is 80.5 Å². The van der Waals surface area contributed by atoms with Crippen LogP contribution in [0.25, 0.3) is 0 Å². The number of anilines is 3. The highest BCUT2D eigenvalue weighted by atomic mass is 16.5. The molecule has 0 radical (unpaired) electrons. The van der Waals surface area contributed by atoms with Crippen LogP contribution in [0.5, 0.6) is 5.75 Å². The number of nitrogens with zero attached hydrogens (tertiary/aromatic N) is 5. The number of hydrogen-bond acceptors (Lipinski definition) is 8. The molecule has 0 spiro atoms. The fraction of sp³-hybridized carbons (Fsp3) is 0.433. The van der Waals surface area contributed by atoms with Crippen molar-refractivity contribution in [1.82, 2.24) is 14.0 Å². The zero-order valence-electron chi connectivity index (χ0n) is 23.5. The van der Waals surface area contributed by atoms with Gasteiger partial charge in [-0.05, 0) is 57.1 Å². The molecule has 3 aromatic rings. The summed E-state index contributed by atoms with van der Waals surface area (Å²) in [5, 5.41) is 0. The summed E-state index contributed by atoms with van der Waals surface area (Å²) in [6, 6.07) is 15.3. The Hall–Kier alpha value is -4.05. The molecule has 2 aromatic carbocycles. The van der Waals surface area contributed by atoms with Crippen molar-refractivity contribution in [2.45, 2.75) is 26.4 Å². The lowest BCUT2D eigenvalue weighted by Crippen LogP contribution is -2.41. The predicted octanol–water partition coefficient (Wildman–Crippen LogP) is 2.89. The molecule has 0 amide bonds. The molecule has 2 aliphatic rings. The Morgan fingerprint density at radius 2 is 1.75 bits per heavy atom. The molecule has 0 saturated carbocycles. The molecule has 2 aliphatic heterocycles. The lowest BCUT2D eigenvalue weighted by Gasteiger charge is -2.28. The minimum Gasteiger partial charge on any atom is -0.487 e. The number of para-hydroxylation sites is 1. The third-order valence-electron chi connectivity index (χ3n) is 7.70. The summed E-state index contributed by atoms with van der Waals surface area (Å²) in [7, 11) is 3.22. The van der Waals surface area contributed by atoms with Gasteiger partial charge in [-0.1, -0.05) is 18.2 Å². The van der Waals surface area contributed by atoms with Crippen molar-refractivity contribution in [2.24, 2.45) is 14.1 Å². The Morgan fingerprint density at radius 1 is 0.925 bits per heavy atom. The summed E-state index contributed by atoms with van der Waals surface area (Å²) in [5.74, 6) is 1.07. The Labute approximate surface area is 233 Å². The maximum Gasteiger partial charge on any atom is 0.338 e. The number of carbonyl (C=O) groups excluding carboxylic acids is 1. The first kappa shape index (κ1) is 27.5. The molecule has 212 valence electrons. The van der Waals surface area contributed by atoms with E-state index in [2.05, 4.69) is 26.8 Å². The second-order valence-corrected chi connectivity index (χ2v) is 10.2. The van der Waals surface area contributed by atoms with Crippen LogP contribution in [-0.2, 0) is 25.4 Å². The van der Waals surface area contributed by atoms with E-state index in [9.17, 15) is 14.4 Å². The summed E-state index contributed by atoms with van der Waals surface area (Å²) >= 11 is 0. The third-order valence-corrected chi connectivity index (χ3v) is 7.70. The van der Waals surface area contributed by atoms with Gasteiger partial charge < -0.3 is 24.2 Å². The highest BCUT2D eigenvalue weighted by molar-refractivity contribution is 5.92. The Bertz CT molecular complexity index is 1500. The van der Waals surface area contributed by atoms with E-state index in [1.165, 1.54) is 7.05 Å². The van der Waals surface area contributed by atoms with E-state index in [4.69, 9.17) is 9.47 Å². The van der Waals surface area contributed by atoms with E-state index in [-0.39, 0.29) is 17.2 Å². The molecule has 5 rings (SSSR count). The molecule has 1 fully saturated rings. The molecule has 0 bridgehead atoms. The first-order valence-electron chi connectivity index (χ1n) is 13.9. The smallest absolute Gasteiger partial charge is 0.338 e. The quantitative estimate of drug-likeness (QED) is 0.418. The van der Waals surface area contributed by atoms with Crippen LogP contribution in [-0.4, -0.2) is 65.9 Å². The minimum absolute atomic E-state index is 0.285. The van der Waals surface area contributed by atoms with Crippen LogP contribution in [0.1, 0.15) is 35.7 Å². The molecular weight excluding hydrogens is 510 g/mol. The van der Waals surface area contributed by atoms with E-state index in [0.717, 1.165) is 79.4 Å². The molecule has 10 nitrogen and oxygen atoms in total. The zero-order chi connectivity index (χ0) is 28.2. The van der Waals surface area contributed by atoms with Gasteiger partial charge in [0.2, 0.25) is 0 Å². The zero-order valence-corrected chi connectivity index (χ0v) is 23.5. The largest absolute Gasteiger partial charge is 0.487 e. The van der Waals surface area contributed by atoms with Gasteiger partial charge in [0.05, 0.1) is 17.9 Å². The fourth-order valence-electron chi connectivity index (χ4n) is 5.51. The summed E-state index contributed by atoms with van der Waals surface area (Å²) in [6.07, 6.45) is 1.84. The van der Waals surface area contributed by atoms with E-state index in [0.29, 0.717) is 24.6 Å². The van der Waals surface area contributed by atoms with Gasteiger partial charge in [-0.25, -0.2) is 9.59 Å². The number of fused-ring (bicyclic) bond motifs is 2. The number of carbonyl (C=O) groups is 1. The Morgan fingerprint density at radius 3 is 2.58 bits per heavy atom. The van der Waals surface area contributed by atoms with E-state index >= 15 is 0 Å². The summed E-state index contributed by atoms with van der Waals surface area (Å²) in [5.41, 5.74) is 2.96. The van der Waals surface area contributed by atoms with Crippen molar-refractivity contribution in [3.8, 4) is 5.75 Å². The summed E-state index contributed by atoms with van der Waals surface area (Å²) in [4.78, 5) is 44.0. The maximum absolute atomic E-state index is 12.5. The maximum atomic E-state index is 12.5. The highest BCUT2D eigenvalue weighted by Crippen LogP contribution is 2.40. The van der Waals surface area contributed by atoms with Crippen LogP contribution in [0.15, 0.2) is 58.1 Å². The van der Waals surface area contributed by atoms with Crippen LogP contribution < -0.4 is 25.8 Å². The Balaban J connectivity index is 1.30. The molecule has 0 N–H and O–H groups in total. The summed E-state index contributed by atoms with van der Waals surface area (Å²) in [6.45, 7) is 7.56.